The molecule has 0 aromatic rings. The third-order valence-electron chi connectivity index (χ3n) is 4.78. The summed E-state index contributed by atoms with van der Waals surface area (Å²) in [6.07, 6.45) is -1.28. The highest BCUT2D eigenvalue weighted by atomic mass is 19.4. The zero-order chi connectivity index (χ0) is 15.7. The molecule has 120 valence electrons. The molecule has 2 rings (SSSR count). The first-order valence-corrected chi connectivity index (χ1v) is 7.75. The average molecular weight is 303 g/mol. The maximum atomic E-state index is 12.7. The standard InChI is InChI=1S/C15H24F3N3/c1-11(2)20-14(10-19)6-3-13(9-14)21-7-4-12(5-8-21)15(16,17)18/h11-13,20H,3-9H2,1-2H3. The number of nitrogens with zero attached hydrogens (tertiary/aromatic N) is 2. The lowest BCUT2D eigenvalue weighted by Gasteiger charge is -2.37. The summed E-state index contributed by atoms with van der Waals surface area (Å²) in [6, 6.07) is 2.87. The van der Waals surface area contributed by atoms with Crippen LogP contribution in [0.4, 0.5) is 13.2 Å². The molecule has 0 aromatic heterocycles. The molecule has 2 aliphatic rings. The van der Waals surface area contributed by atoms with Gasteiger partial charge in [0, 0.05) is 12.1 Å². The second-order valence-electron chi connectivity index (χ2n) is 6.74. The zero-order valence-corrected chi connectivity index (χ0v) is 12.7. The van der Waals surface area contributed by atoms with E-state index < -0.39 is 17.6 Å². The van der Waals surface area contributed by atoms with Gasteiger partial charge in [0.2, 0.25) is 0 Å². The number of piperidine rings is 1. The normalized spacial score (nSPS) is 32.5. The van der Waals surface area contributed by atoms with Gasteiger partial charge in [0.25, 0.3) is 0 Å². The Bertz CT molecular complexity index is 394. The molecule has 1 saturated heterocycles. The first-order chi connectivity index (χ1) is 9.76. The summed E-state index contributed by atoms with van der Waals surface area (Å²) in [5.41, 5.74) is -0.500. The highest BCUT2D eigenvalue weighted by Crippen LogP contribution is 2.38. The van der Waals surface area contributed by atoms with Crippen molar-refractivity contribution in [1.82, 2.24) is 10.2 Å². The number of hydrogen-bond acceptors (Lipinski definition) is 3. The van der Waals surface area contributed by atoms with E-state index in [-0.39, 0.29) is 24.9 Å². The summed E-state index contributed by atoms with van der Waals surface area (Å²) in [7, 11) is 0. The van der Waals surface area contributed by atoms with Crippen molar-refractivity contribution in [1.29, 1.82) is 5.26 Å². The molecule has 0 amide bonds. The van der Waals surface area contributed by atoms with Gasteiger partial charge in [-0.1, -0.05) is 0 Å². The Labute approximate surface area is 124 Å². The second kappa shape index (κ2) is 6.13. The molecular formula is C15H24F3N3. The topological polar surface area (TPSA) is 39.1 Å². The minimum Gasteiger partial charge on any atom is -0.300 e. The van der Waals surface area contributed by atoms with Crippen LogP contribution in [0.5, 0.6) is 0 Å². The third kappa shape index (κ3) is 3.89. The van der Waals surface area contributed by atoms with Gasteiger partial charge in [-0.3, -0.25) is 5.32 Å². The molecule has 2 fully saturated rings. The third-order valence-corrected chi connectivity index (χ3v) is 4.78. The lowest BCUT2D eigenvalue weighted by atomic mass is 9.94. The molecule has 1 N–H and O–H groups in total. The molecule has 0 bridgehead atoms. The first kappa shape index (κ1) is 16.6. The lowest BCUT2D eigenvalue weighted by molar-refractivity contribution is -0.186. The van der Waals surface area contributed by atoms with Crippen molar-refractivity contribution < 1.29 is 13.2 Å². The van der Waals surface area contributed by atoms with Crippen LogP contribution in [0.1, 0.15) is 46.0 Å². The lowest BCUT2D eigenvalue weighted by Crippen LogP contribution is -2.48. The summed E-state index contributed by atoms with van der Waals surface area (Å²) in [5, 5.41) is 12.8. The Morgan fingerprint density at radius 1 is 1.24 bits per heavy atom. The molecule has 0 spiro atoms. The first-order valence-electron chi connectivity index (χ1n) is 7.75. The van der Waals surface area contributed by atoms with Crippen LogP contribution < -0.4 is 5.32 Å². The van der Waals surface area contributed by atoms with E-state index in [0.717, 1.165) is 19.3 Å². The summed E-state index contributed by atoms with van der Waals surface area (Å²) < 4.78 is 38.1. The number of hydrogen-bond donors (Lipinski definition) is 1. The number of nitrogens with one attached hydrogen (secondary N) is 1. The van der Waals surface area contributed by atoms with Crippen molar-refractivity contribution in [3.05, 3.63) is 0 Å². The molecule has 2 atom stereocenters. The van der Waals surface area contributed by atoms with Crippen molar-refractivity contribution in [3.8, 4) is 6.07 Å². The van der Waals surface area contributed by atoms with Gasteiger partial charge in [-0.05, 0) is 59.0 Å². The Morgan fingerprint density at radius 2 is 1.86 bits per heavy atom. The van der Waals surface area contributed by atoms with Gasteiger partial charge < -0.3 is 4.90 Å². The molecule has 2 unspecified atom stereocenters. The number of alkyl halides is 3. The van der Waals surface area contributed by atoms with Crippen molar-refractivity contribution in [2.24, 2.45) is 5.92 Å². The van der Waals surface area contributed by atoms with Gasteiger partial charge in [-0.25, -0.2) is 0 Å². The molecule has 1 heterocycles. The van der Waals surface area contributed by atoms with E-state index in [2.05, 4.69) is 16.3 Å². The Balaban J connectivity index is 1.90. The molecule has 3 nitrogen and oxygen atoms in total. The van der Waals surface area contributed by atoms with Crippen molar-refractivity contribution in [2.75, 3.05) is 13.1 Å². The van der Waals surface area contributed by atoms with Gasteiger partial charge in [0.1, 0.15) is 5.54 Å². The van der Waals surface area contributed by atoms with Gasteiger partial charge in [-0.2, -0.15) is 18.4 Å². The van der Waals surface area contributed by atoms with Crippen LogP contribution in [0.3, 0.4) is 0 Å². The van der Waals surface area contributed by atoms with E-state index in [9.17, 15) is 18.4 Å². The average Bonchev–Trinajstić information content (AvgIpc) is 2.82. The molecule has 0 aromatic carbocycles. The molecular weight excluding hydrogens is 279 g/mol. The van der Waals surface area contributed by atoms with Crippen LogP contribution in [0.2, 0.25) is 0 Å². The second-order valence-corrected chi connectivity index (χ2v) is 6.74. The van der Waals surface area contributed by atoms with E-state index >= 15 is 0 Å². The van der Waals surface area contributed by atoms with Crippen LogP contribution in [0.15, 0.2) is 0 Å². The minimum atomic E-state index is -4.06. The summed E-state index contributed by atoms with van der Waals surface area (Å²) in [5.74, 6) is -1.15. The SMILES string of the molecule is CC(C)NC1(C#N)CCC(N2CCC(C(F)(F)F)CC2)C1. The van der Waals surface area contributed by atoms with Gasteiger partial charge >= 0.3 is 6.18 Å². The Hall–Kier alpha value is -0.800. The van der Waals surface area contributed by atoms with Crippen LogP contribution in [-0.2, 0) is 0 Å². The van der Waals surface area contributed by atoms with Crippen molar-refractivity contribution >= 4 is 0 Å². The predicted molar refractivity (Wildman–Crippen MR) is 74.6 cm³/mol. The van der Waals surface area contributed by atoms with Gasteiger partial charge in [-0.15, -0.1) is 0 Å². The zero-order valence-electron chi connectivity index (χ0n) is 12.7. The fourth-order valence-corrected chi connectivity index (χ4v) is 3.74. The molecule has 6 heteroatoms. The van der Waals surface area contributed by atoms with Crippen LogP contribution in [-0.4, -0.2) is 41.8 Å². The summed E-state index contributed by atoms with van der Waals surface area (Å²) in [4.78, 5) is 2.16. The summed E-state index contributed by atoms with van der Waals surface area (Å²) >= 11 is 0. The number of likely N-dealkylation sites (tertiary alicyclic amines) is 1. The van der Waals surface area contributed by atoms with Crippen LogP contribution in [0.25, 0.3) is 0 Å². The smallest absolute Gasteiger partial charge is 0.300 e. The number of halogens is 3. The van der Waals surface area contributed by atoms with Gasteiger partial charge in [0.05, 0.1) is 12.0 Å². The Morgan fingerprint density at radius 3 is 2.33 bits per heavy atom. The fourth-order valence-electron chi connectivity index (χ4n) is 3.74. The predicted octanol–water partition coefficient (Wildman–Crippen LogP) is 3.07. The number of rotatable bonds is 3. The summed E-state index contributed by atoms with van der Waals surface area (Å²) in [6.45, 7) is 5.03. The highest BCUT2D eigenvalue weighted by molar-refractivity contribution is 5.14. The van der Waals surface area contributed by atoms with Crippen LogP contribution in [0, 0.1) is 17.2 Å². The molecule has 0 radical (unpaired) electrons. The quantitative estimate of drug-likeness (QED) is 0.871. The van der Waals surface area contributed by atoms with Crippen molar-refractivity contribution in [3.63, 3.8) is 0 Å². The van der Waals surface area contributed by atoms with E-state index in [1.54, 1.807) is 0 Å². The maximum absolute atomic E-state index is 12.7. The molecule has 1 saturated carbocycles. The van der Waals surface area contributed by atoms with E-state index in [4.69, 9.17) is 0 Å². The monoisotopic (exact) mass is 303 g/mol. The Kier molecular flexibility index (Phi) is 4.84. The van der Waals surface area contributed by atoms with Crippen molar-refractivity contribution in [2.45, 2.75) is 69.8 Å². The van der Waals surface area contributed by atoms with Gasteiger partial charge in [0.15, 0.2) is 0 Å². The van der Waals surface area contributed by atoms with E-state index in [1.165, 1.54) is 0 Å². The minimum absolute atomic E-state index is 0.192. The molecule has 1 aliphatic carbocycles. The highest BCUT2D eigenvalue weighted by Gasteiger charge is 2.45. The fraction of sp³-hybridized carbons (Fsp3) is 0.933. The molecule has 21 heavy (non-hydrogen) atoms. The van der Waals surface area contributed by atoms with Crippen LogP contribution >= 0.6 is 0 Å². The van der Waals surface area contributed by atoms with E-state index in [1.807, 2.05) is 13.8 Å². The maximum Gasteiger partial charge on any atom is 0.391 e. The molecule has 1 aliphatic heterocycles. The number of nitriles is 1. The largest absolute Gasteiger partial charge is 0.391 e. The van der Waals surface area contributed by atoms with E-state index in [0.29, 0.717) is 13.1 Å².